The number of amides is 1. The Morgan fingerprint density at radius 3 is 2.27 bits per heavy atom. The van der Waals surface area contributed by atoms with Crippen molar-refractivity contribution in [2.24, 2.45) is 17.8 Å². The van der Waals surface area contributed by atoms with E-state index >= 15 is 0 Å². The minimum Gasteiger partial charge on any atom is -0.368 e. The molecule has 3 aliphatic carbocycles. The molecule has 3 saturated carbocycles. The Hall–Kier alpha value is -1.72. The largest absolute Gasteiger partial charge is 0.416 e. The number of hydrogen-bond donors (Lipinski definition) is 0. The molecule has 6 heteroatoms. The maximum absolute atomic E-state index is 12.9. The van der Waals surface area contributed by atoms with Gasteiger partial charge >= 0.3 is 6.18 Å². The van der Waals surface area contributed by atoms with E-state index in [2.05, 4.69) is 0 Å². The summed E-state index contributed by atoms with van der Waals surface area (Å²) in [5, 5.41) is 0. The molecule has 4 aliphatic rings. The van der Waals surface area contributed by atoms with Crippen LogP contribution in [0, 0.1) is 17.8 Å². The van der Waals surface area contributed by atoms with Gasteiger partial charge in [-0.3, -0.25) is 4.79 Å². The molecule has 3 nitrogen and oxygen atoms in total. The van der Waals surface area contributed by atoms with Crippen LogP contribution in [0.25, 0.3) is 0 Å². The van der Waals surface area contributed by atoms with Crippen molar-refractivity contribution in [3.05, 3.63) is 29.8 Å². The highest BCUT2D eigenvalue weighted by Crippen LogP contribution is 2.45. The molecule has 4 fully saturated rings. The lowest BCUT2D eigenvalue weighted by Crippen LogP contribution is -2.52. The van der Waals surface area contributed by atoms with Crippen molar-refractivity contribution in [1.29, 1.82) is 0 Å². The van der Waals surface area contributed by atoms with Gasteiger partial charge in [0.25, 0.3) is 0 Å². The zero-order valence-electron chi connectivity index (χ0n) is 14.8. The second kappa shape index (κ2) is 6.78. The Labute approximate surface area is 152 Å². The van der Waals surface area contributed by atoms with Crippen molar-refractivity contribution in [2.75, 3.05) is 31.1 Å². The first-order valence-corrected chi connectivity index (χ1v) is 9.63. The Bertz CT molecular complexity index is 659. The number of anilines is 1. The van der Waals surface area contributed by atoms with Crippen LogP contribution in [-0.2, 0) is 11.0 Å². The SMILES string of the molecule is O=C(C1CC2CCC1CC2)N1CCN(c2cccc(C(F)(F)F)c2)CC1. The van der Waals surface area contributed by atoms with Crippen LogP contribution in [0.2, 0.25) is 0 Å². The molecule has 2 bridgehead atoms. The van der Waals surface area contributed by atoms with Gasteiger partial charge in [0.05, 0.1) is 5.56 Å². The molecule has 1 heterocycles. The number of benzene rings is 1. The van der Waals surface area contributed by atoms with E-state index in [4.69, 9.17) is 0 Å². The number of alkyl halides is 3. The van der Waals surface area contributed by atoms with Crippen LogP contribution < -0.4 is 4.90 Å². The standard InChI is InChI=1S/C20H25F3N2O/c21-20(22,23)16-2-1-3-17(13-16)24-8-10-25(11-9-24)19(26)18-12-14-4-6-15(18)7-5-14/h1-3,13-15,18H,4-12H2. The lowest BCUT2D eigenvalue weighted by atomic mass is 9.64. The first-order valence-electron chi connectivity index (χ1n) is 9.63. The predicted octanol–water partition coefficient (Wildman–Crippen LogP) is 4.18. The Morgan fingerprint density at radius 1 is 1.00 bits per heavy atom. The third-order valence-corrected chi connectivity index (χ3v) is 6.49. The van der Waals surface area contributed by atoms with E-state index in [-0.39, 0.29) is 11.8 Å². The molecule has 5 rings (SSSR count). The summed E-state index contributed by atoms with van der Waals surface area (Å²) in [6.45, 7) is 2.38. The Morgan fingerprint density at radius 2 is 1.69 bits per heavy atom. The summed E-state index contributed by atoms with van der Waals surface area (Å²) in [6, 6.07) is 5.47. The summed E-state index contributed by atoms with van der Waals surface area (Å²) in [5.74, 6) is 1.74. The topological polar surface area (TPSA) is 23.6 Å². The average molecular weight is 366 g/mol. The van der Waals surface area contributed by atoms with Crippen molar-refractivity contribution < 1.29 is 18.0 Å². The van der Waals surface area contributed by atoms with Gasteiger partial charge in [-0.15, -0.1) is 0 Å². The van der Waals surface area contributed by atoms with Gasteiger partial charge in [0, 0.05) is 37.8 Å². The van der Waals surface area contributed by atoms with Gasteiger partial charge in [0.2, 0.25) is 5.91 Å². The quantitative estimate of drug-likeness (QED) is 0.784. The van der Waals surface area contributed by atoms with Crippen molar-refractivity contribution >= 4 is 11.6 Å². The third-order valence-electron chi connectivity index (χ3n) is 6.49. The molecule has 0 spiro atoms. The van der Waals surface area contributed by atoms with Crippen LogP contribution >= 0.6 is 0 Å². The highest BCUT2D eigenvalue weighted by Gasteiger charge is 2.41. The molecule has 1 aromatic rings. The van der Waals surface area contributed by atoms with Gasteiger partial charge in [-0.25, -0.2) is 0 Å². The zero-order valence-corrected chi connectivity index (χ0v) is 14.8. The zero-order chi connectivity index (χ0) is 18.3. The van der Waals surface area contributed by atoms with Gasteiger partial charge in [0.1, 0.15) is 0 Å². The number of hydrogen-bond acceptors (Lipinski definition) is 2. The molecular formula is C20H25F3N2O. The van der Waals surface area contributed by atoms with Gasteiger partial charge < -0.3 is 9.80 Å². The Kier molecular flexibility index (Phi) is 4.61. The minimum absolute atomic E-state index is 0.183. The average Bonchev–Trinajstić information content (AvgIpc) is 2.68. The van der Waals surface area contributed by atoms with Crippen LogP contribution in [-0.4, -0.2) is 37.0 Å². The number of carbonyl (C=O) groups is 1. The lowest BCUT2D eigenvalue weighted by Gasteiger charge is -2.45. The highest BCUT2D eigenvalue weighted by atomic mass is 19.4. The molecular weight excluding hydrogens is 341 g/mol. The van der Waals surface area contributed by atoms with Crippen LogP contribution in [0.5, 0.6) is 0 Å². The maximum Gasteiger partial charge on any atom is 0.416 e. The van der Waals surface area contributed by atoms with E-state index in [0.29, 0.717) is 37.8 Å². The van der Waals surface area contributed by atoms with E-state index in [0.717, 1.165) is 18.4 Å². The minimum atomic E-state index is -4.33. The lowest BCUT2D eigenvalue weighted by molar-refractivity contribution is -0.141. The van der Waals surface area contributed by atoms with E-state index in [1.54, 1.807) is 6.07 Å². The van der Waals surface area contributed by atoms with Crippen LogP contribution in [0.3, 0.4) is 0 Å². The van der Waals surface area contributed by atoms with E-state index < -0.39 is 11.7 Å². The fourth-order valence-corrected chi connectivity index (χ4v) is 4.98. The first-order chi connectivity index (χ1) is 12.4. The second-order valence-electron chi connectivity index (χ2n) is 7.98. The van der Waals surface area contributed by atoms with Gasteiger partial charge in [-0.2, -0.15) is 13.2 Å². The molecule has 0 radical (unpaired) electrons. The Balaban J connectivity index is 1.38. The van der Waals surface area contributed by atoms with Gasteiger partial charge in [-0.05, 0) is 49.3 Å². The van der Waals surface area contributed by atoms with Crippen LogP contribution in [0.15, 0.2) is 24.3 Å². The van der Waals surface area contributed by atoms with Crippen molar-refractivity contribution in [2.45, 2.75) is 38.3 Å². The summed E-state index contributed by atoms with van der Waals surface area (Å²) in [7, 11) is 0. The molecule has 26 heavy (non-hydrogen) atoms. The molecule has 1 amide bonds. The number of piperazine rings is 1. The summed E-state index contributed by atoms with van der Waals surface area (Å²) >= 11 is 0. The van der Waals surface area contributed by atoms with Crippen molar-refractivity contribution in [3.63, 3.8) is 0 Å². The van der Waals surface area contributed by atoms with Crippen molar-refractivity contribution in [1.82, 2.24) is 4.90 Å². The molecule has 0 N–H and O–H groups in total. The maximum atomic E-state index is 12.9. The van der Waals surface area contributed by atoms with Crippen molar-refractivity contribution in [3.8, 4) is 0 Å². The van der Waals surface area contributed by atoms with Gasteiger partial charge in [-0.1, -0.05) is 18.9 Å². The molecule has 142 valence electrons. The molecule has 1 aliphatic heterocycles. The van der Waals surface area contributed by atoms with E-state index in [1.807, 2.05) is 9.80 Å². The fourth-order valence-electron chi connectivity index (χ4n) is 4.98. The molecule has 1 atom stereocenters. The molecule has 1 saturated heterocycles. The predicted molar refractivity (Wildman–Crippen MR) is 93.8 cm³/mol. The second-order valence-corrected chi connectivity index (χ2v) is 7.98. The summed E-state index contributed by atoms with van der Waals surface area (Å²) in [5.41, 5.74) is -0.0321. The van der Waals surface area contributed by atoms with E-state index in [9.17, 15) is 18.0 Å². The summed E-state index contributed by atoms with van der Waals surface area (Å²) in [6.07, 6.45) is 1.64. The van der Waals surface area contributed by atoms with Crippen LogP contribution in [0.1, 0.15) is 37.7 Å². The monoisotopic (exact) mass is 366 g/mol. The molecule has 0 aromatic heterocycles. The smallest absolute Gasteiger partial charge is 0.368 e. The number of carbonyl (C=O) groups excluding carboxylic acids is 1. The van der Waals surface area contributed by atoms with Gasteiger partial charge in [0.15, 0.2) is 0 Å². The first kappa shape index (κ1) is 17.7. The number of nitrogens with zero attached hydrogens (tertiary/aromatic N) is 2. The highest BCUT2D eigenvalue weighted by molar-refractivity contribution is 5.79. The third kappa shape index (κ3) is 3.42. The summed E-state index contributed by atoms with van der Waals surface area (Å²) < 4.78 is 38.7. The van der Waals surface area contributed by atoms with E-state index in [1.165, 1.54) is 37.8 Å². The molecule has 1 unspecified atom stereocenters. The summed E-state index contributed by atoms with van der Waals surface area (Å²) in [4.78, 5) is 16.8. The van der Waals surface area contributed by atoms with Crippen LogP contribution in [0.4, 0.5) is 18.9 Å². The number of rotatable bonds is 2. The molecule has 1 aromatic carbocycles. The fraction of sp³-hybridized carbons (Fsp3) is 0.650. The normalized spacial score (nSPS) is 29.1. The number of halogens is 3. The number of fused-ring (bicyclic) bond motifs is 3.